The predicted molar refractivity (Wildman–Crippen MR) is 107 cm³/mol. The van der Waals surface area contributed by atoms with E-state index in [1.54, 1.807) is 0 Å². The minimum absolute atomic E-state index is 0.0846. The van der Waals surface area contributed by atoms with Gasteiger partial charge in [0.1, 0.15) is 6.04 Å². The van der Waals surface area contributed by atoms with Gasteiger partial charge in [-0.15, -0.1) is 0 Å². The van der Waals surface area contributed by atoms with Crippen LogP contribution >= 0.6 is 0 Å². The Morgan fingerprint density at radius 1 is 1.15 bits per heavy atom. The van der Waals surface area contributed by atoms with E-state index in [1.165, 1.54) is 0 Å². The number of nitrogens with one attached hydrogen (secondary N) is 2. The highest BCUT2D eigenvalue weighted by molar-refractivity contribution is 5.94. The first-order chi connectivity index (χ1) is 12.4. The predicted octanol–water partition coefficient (Wildman–Crippen LogP) is 3.40. The highest BCUT2D eigenvalue weighted by Crippen LogP contribution is 2.22. The van der Waals surface area contributed by atoms with Gasteiger partial charge in [0.05, 0.1) is 6.42 Å². The average molecular weight is 364 g/mol. The standard InChI is InChI=1S/C20H33N3O3/c1-5-8-9-12-21-18(20(25)26)14-19(24)22-17-11-10-16(13-15(17)4)23(6-2)7-3/h10-11,13,18,21H,5-9,12,14H2,1-4H3,(H,22,24)(H,25,26). The molecule has 6 heteroatoms. The largest absolute Gasteiger partial charge is 0.480 e. The van der Waals surface area contributed by atoms with Crippen molar-refractivity contribution < 1.29 is 14.7 Å². The highest BCUT2D eigenvalue weighted by atomic mass is 16.4. The Bertz CT molecular complexity index is 586. The summed E-state index contributed by atoms with van der Waals surface area (Å²) in [6.45, 7) is 10.7. The number of carboxylic acid groups (broad SMARTS) is 1. The monoisotopic (exact) mass is 363 g/mol. The lowest BCUT2D eigenvalue weighted by molar-refractivity contribution is -0.141. The third-order valence-corrected chi connectivity index (χ3v) is 4.47. The molecule has 146 valence electrons. The quantitative estimate of drug-likeness (QED) is 0.496. The summed E-state index contributed by atoms with van der Waals surface area (Å²) in [6.07, 6.45) is 2.94. The van der Waals surface area contributed by atoms with Crippen molar-refractivity contribution >= 4 is 23.3 Å². The topological polar surface area (TPSA) is 81.7 Å². The summed E-state index contributed by atoms with van der Waals surface area (Å²) in [6, 6.07) is 5.04. The van der Waals surface area contributed by atoms with Crippen molar-refractivity contribution in [2.75, 3.05) is 29.9 Å². The van der Waals surface area contributed by atoms with E-state index in [-0.39, 0.29) is 12.3 Å². The molecule has 1 aromatic carbocycles. The summed E-state index contributed by atoms with van der Waals surface area (Å²) in [5.74, 6) is -1.29. The number of unbranched alkanes of at least 4 members (excludes halogenated alkanes) is 2. The number of carbonyl (C=O) groups excluding carboxylic acids is 1. The number of hydrogen-bond acceptors (Lipinski definition) is 4. The normalized spacial score (nSPS) is 11.8. The molecular formula is C20H33N3O3. The Hall–Kier alpha value is -2.08. The van der Waals surface area contributed by atoms with E-state index >= 15 is 0 Å². The SMILES string of the molecule is CCCCCNC(CC(=O)Nc1ccc(N(CC)CC)cc1C)C(=O)O. The number of nitrogens with zero attached hydrogens (tertiary/aromatic N) is 1. The number of benzene rings is 1. The molecule has 26 heavy (non-hydrogen) atoms. The van der Waals surface area contributed by atoms with E-state index in [0.29, 0.717) is 6.54 Å². The first-order valence-corrected chi connectivity index (χ1v) is 9.54. The molecule has 0 aromatic heterocycles. The van der Waals surface area contributed by atoms with Crippen molar-refractivity contribution in [1.29, 1.82) is 0 Å². The van der Waals surface area contributed by atoms with Gasteiger partial charge in [-0.05, 0) is 57.5 Å². The zero-order valence-corrected chi connectivity index (χ0v) is 16.5. The van der Waals surface area contributed by atoms with Crippen molar-refractivity contribution in [1.82, 2.24) is 5.32 Å². The molecule has 0 saturated carbocycles. The van der Waals surface area contributed by atoms with Gasteiger partial charge < -0.3 is 20.6 Å². The minimum atomic E-state index is -0.995. The summed E-state index contributed by atoms with van der Waals surface area (Å²) in [4.78, 5) is 25.9. The third-order valence-electron chi connectivity index (χ3n) is 4.47. The van der Waals surface area contributed by atoms with Crippen LogP contribution in [0.4, 0.5) is 11.4 Å². The second-order valence-electron chi connectivity index (χ2n) is 6.48. The Labute approximate surface area is 157 Å². The molecule has 0 fully saturated rings. The molecular weight excluding hydrogens is 330 g/mol. The molecule has 3 N–H and O–H groups in total. The summed E-state index contributed by atoms with van der Waals surface area (Å²) in [5.41, 5.74) is 2.80. The number of carbonyl (C=O) groups is 2. The Balaban J connectivity index is 2.66. The number of amides is 1. The van der Waals surface area contributed by atoms with Crippen molar-refractivity contribution in [3.63, 3.8) is 0 Å². The fourth-order valence-corrected chi connectivity index (χ4v) is 2.86. The van der Waals surface area contributed by atoms with E-state index in [0.717, 1.165) is 49.3 Å². The van der Waals surface area contributed by atoms with Gasteiger partial charge in [0.15, 0.2) is 0 Å². The molecule has 0 saturated heterocycles. The Kier molecular flexibility index (Phi) is 9.73. The number of carboxylic acids is 1. The lowest BCUT2D eigenvalue weighted by Crippen LogP contribution is -2.40. The van der Waals surface area contributed by atoms with Crippen LogP contribution in [0.25, 0.3) is 0 Å². The van der Waals surface area contributed by atoms with Gasteiger partial charge in [-0.25, -0.2) is 0 Å². The maximum absolute atomic E-state index is 12.3. The van der Waals surface area contributed by atoms with Crippen LogP contribution in [0.5, 0.6) is 0 Å². The van der Waals surface area contributed by atoms with Crippen LogP contribution in [-0.4, -0.2) is 42.7 Å². The van der Waals surface area contributed by atoms with Gasteiger partial charge in [-0.2, -0.15) is 0 Å². The molecule has 0 aliphatic carbocycles. The zero-order chi connectivity index (χ0) is 19.5. The second kappa shape index (κ2) is 11.5. The molecule has 1 unspecified atom stereocenters. The summed E-state index contributed by atoms with van der Waals surface area (Å²) in [7, 11) is 0. The molecule has 1 amide bonds. The van der Waals surface area contributed by atoms with Gasteiger partial charge >= 0.3 is 5.97 Å². The van der Waals surface area contributed by atoms with Crippen LogP contribution in [0.15, 0.2) is 18.2 Å². The fraction of sp³-hybridized carbons (Fsp3) is 0.600. The molecule has 0 heterocycles. The Morgan fingerprint density at radius 2 is 1.85 bits per heavy atom. The lowest BCUT2D eigenvalue weighted by atomic mass is 10.1. The molecule has 0 spiro atoms. The van der Waals surface area contributed by atoms with Gasteiger partial charge in [-0.3, -0.25) is 9.59 Å². The fourth-order valence-electron chi connectivity index (χ4n) is 2.86. The zero-order valence-electron chi connectivity index (χ0n) is 16.5. The van der Waals surface area contributed by atoms with Crippen molar-refractivity contribution in [3.8, 4) is 0 Å². The minimum Gasteiger partial charge on any atom is -0.480 e. The summed E-state index contributed by atoms with van der Waals surface area (Å²) < 4.78 is 0. The molecule has 0 bridgehead atoms. The number of aliphatic carboxylic acids is 1. The van der Waals surface area contributed by atoms with E-state index in [1.807, 2.05) is 25.1 Å². The van der Waals surface area contributed by atoms with Gasteiger partial charge in [0, 0.05) is 24.5 Å². The van der Waals surface area contributed by atoms with Crippen LogP contribution in [0.3, 0.4) is 0 Å². The first-order valence-electron chi connectivity index (χ1n) is 9.54. The van der Waals surface area contributed by atoms with Crippen molar-refractivity contribution in [3.05, 3.63) is 23.8 Å². The summed E-state index contributed by atoms with van der Waals surface area (Å²) >= 11 is 0. The van der Waals surface area contributed by atoms with Crippen LogP contribution in [0, 0.1) is 6.92 Å². The van der Waals surface area contributed by atoms with E-state index in [9.17, 15) is 14.7 Å². The number of rotatable bonds is 12. The third kappa shape index (κ3) is 7.04. The maximum atomic E-state index is 12.3. The number of hydrogen-bond donors (Lipinski definition) is 3. The molecule has 1 aromatic rings. The van der Waals surface area contributed by atoms with E-state index in [4.69, 9.17) is 0 Å². The van der Waals surface area contributed by atoms with Crippen molar-refractivity contribution in [2.24, 2.45) is 0 Å². The molecule has 0 aliphatic rings. The average Bonchev–Trinajstić information content (AvgIpc) is 2.60. The number of anilines is 2. The Morgan fingerprint density at radius 3 is 2.38 bits per heavy atom. The van der Waals surface area contributed by atoms with Crippen molar-refractivity contribution in [2.45, 2.75) is 59.4 Å². The van der Waals surface area contributed by atoms with Crippen LogP contribution in [0.1, 0.15) is 52.0 Å². The highest BCUT2D eigenvalue weighted by Gasteiger charge is 2.20. The molecule has 1 atom stereocenters. The smallest absolute Gasteiger partial charge is 0.321 e. The van der Waals surface area contributed by atoms with Gasteiger partial charge in [0.25, 0.3) is 0 Å². The van der Waals surface area contributed by atoms with Gasteiger partial charge in [0.2, 0.25) is 5.91 Å². The number of aryl methyl sites for hydroxylation is 1. The van der Waals surface area contributed by atoms with Crippen LogP contribution in [-0.2, 0) is 9.59 Å². The molecule has 1 rings (SSSR count). The van der Waals surface area contributed by atoms with Crippen LogP contribution in [0.2, 0.25) is 0 Å². The van der Waals surface area contributed by atoms with Gasteiger partial charge in [-0.1, -0.05) is 19.8 Å². The first kappa shape index (κ1) is 22.0. The van der Waals surface area contributed by atoms with E-state index in [2.05, 4.69) is 36.3 Å². The van der Waals surface area contributed by atoms with E-state index < -0.39 is 12.0 Å². The second-order valence-corrected chi connectivity index (χ2v) is 6.48. The molecule has 0 aliphatic heterocycles. The van der Waals surface area contributed by atoms with Crippen LogP contribution < -0.4 is 15.5 Å². The maximum Gasteiger partial charge on any atom is 0.321 e. The lowest BCUT2D eigenvalue weighted by Gasteiger charge is -2.22. The summed E-state index contributed by atoms with van der Waals surface area (Å²) in [5, 5.41) is 15.1. The molecule has 6 nitrogen and oxygen atoms in total. The molecule has 0 radical (unpaired) electrons.